The van der Waals surface area contributed by atoms with Gasteiger partial charge >= 0.3 is 0 Å². The molecule has 0 bridgehead atoms. The van der Waals surface area contributed by atoms with Crippen LogP contribution >= 0.6 is 0 Å². The van der Waals surface area contributed by atoms with Gasteiger partial charge in [0, 0.05) is 12.0 Å². The summed E-state index contributed by atoms with van der Waals surface area (Å²) in [5.74, 6) is -2.29. The Bertz CT molecular complexity index is 412. The Hall–Kier alpha value is -1.45. The first kappa shape index (κ1) is 13.6. The Balaban J connectivity index is 3.24. The maximum absolute atomic E-state index is 13.4. The Morgan fingerprint density at radius 3 is 2.35 bits per heavy atom. The summed E-state index contributed by atoms with van der Waals surface area (Å²) in [4.78, 5) is 12.1. The monoisotopic (exact) mass is 242 g/mol. The molecule has 0 fully saturated rings. The Labute approximate surface area is 99.6 Å². The molecule has 0 unspecified atom stereocenters. The normalized spacial score (nSPS) is 10.7. The van der Waals surface area contributed by atoms with Gasteiger partial charge in [-0.25, -0.2) is 8.78 Å². The highest BCUT2D eigenvalue weighted by Gasteiger charge is 2.23. The van der Waals surface area contributed by atoms with Gasteiger partial charge in [-0.1, -0.05) is 13.8 Å². The summed E-state index contributed by atoms with van der Waals surface area (Å²) in [7, 11) is 1.26. The van der Waals surface area contributed by atoms with E-state index in [1.165, 1.54) is 7.11 Å². The van der Waals surface area contributed by atoms with Gasteiger partial charge in [0.25, 0.3) is 0 Å². The van der Waals surface area contributed by atoms with Crippen molar-refractivity contribution in [2.75, 3.05) is 7.11 Å². The molecular weight excluding hydrogens is 226 g/mol. The molecule has 0 heterocycles. The summed E-state index contributed by atoms with van der Waals surface area (Å²) in [5.41, 5.74) is -0.0151. The molecule has 1 aromatic carbocycles. The minimum Gasteiger partial charge on any atom is -0.493 e. The first-order valence-electron chi connectivity index (χ1n) is 5.62. The van der Waals surface area contributed by atoms with Gasteiger partial charge in [-0.2, -0.15) is 0 Å². The number of hydrogen-bond acceptors (Lipinski definition) is 2. The lowest BCUT2D eigenvalue weighted by molar-refractivity contribution is 0.0909. The van der Waals surface area contributed by atoms with Crippen LogP contribution in [0, 0.1) is 17.6 Å². The third-order valence-corrected chi connectivity index (χ3v) is 2.83. The van der Waals surface area contributed by atoms with E-state index >= 15 is 0 Å². The summed E-state index contributed by atoms with van der Waals surface area (Å²) in [6, 6.07) is 1.74. The minimum atomic E-state index is -0.846. The molecule has 0 radical (unpaired) electrons. The fourth-order valence-electron chi connectivity index (χ4n) is 1.83. The van der Waals surface area contributed by atoms with Crippen molar-refractivity contribution in [1.29, 1.82) is 0 Å². The van der Waals surface area contributed by atoms with Crippen LogP contribution in [0.3, 0.4) is 0 Å². The van der Waals surface area contributed by atoms with Crippen molar-refractivity contribution < 1.29 is 18.3 Å². The molecular formula is C13H16F2O2. The maximum atomic E-state index is 13.4. The largest absolute Gasteiger partial charge is 0.493 e. The quantitative estimate of drug-likeness (QED) is 0.737. The zero-order valence-electron chi connectivity index (χ0n) is 10.2. The second-order valence-corrected chi connectivity index (χ2v) is 3.85. The number of carbonyl (C=O) groups is 1. The predicted molar refractivity (Wildman–Crippen MR) is 61.3 cm³/mol. The molecule has 17 heavy (non-hydrogen) atoms. The second kappa shape index (κ2) is 5.75. The minimum absolute atomic E-state index is 0.0151. The summed E-state index contributed by atoms with van der Waals surface area (Å²) >= 11 is 0. The number of methoxy groups -OCH3 is 1. The van der Waals surface area contributed by atoms with Gasteiger partial charge in [-0.05, 0) is 18.9 Å². The van der Waals surface area contributed by atoms with Crippen LogP contribution in [0.5, 0.6) is 5.75 Å². The zero-order chi connectivity index (χ0) is 13.0. The van der Waals surface area contributed by atoms with Gasteiger partial charge in [-0.15, -0.1) is 0 Å². The van der Waals surface area contributed by atoms with Crippen LogP contribution in [0.4, 0.5) is 8.78 Å². The van der Waals surface area contributed by atoms with Gasteiger partial charge in [0.1, 0.15) is 5.82 Å². The summed E-state index contributed by atoms with van der Waals surface area (Å²) < 4.78 is 31.4. The standard InChI is InChI=1S/C13H16F2O2/c1-4-8(5-2)12(16)10-6-9(14)7-11(15)13(10)17-3/h6-8H,4-5H2,1-3H3. The molecule has 0 saturated carbocycles. The number of benzene rings is 1. The van der Waals surface area contributed by atoms with Crippen molar-refractivity contribution in [3.8, 4) is 5.75 Å². The molecule has 0 aliphatic heterocycles. The average molecular weight is 242 g/mol. The van der Waals surface area contributed by atoms with Gasteiger partial charge in [0.05, 0.1) is 12.7 Å². The highest BCUT2D eigenvalue weighted by molar-refractivity contribution is 6.00. The van der Waals surface area contributed by atoms with Crippen molar-refractivity contribution in [3.63, 3.8) is 0 Å². The lowest BCUT2D eigenvalue weighted by atomic mass is 9.92. The Morgan fingerprint density at radius 2 is 1.88 bits per heavy atom. The van der Waals surface area contributed by atoms with Crippen molar-refractivity contribution in [2.45, 2.75) is 26.7 Å². The molecule has 0 aliphatic carbocycles. The number of hydrogen-bond donors (Lipinski definition) is 0. The molecule has 0 amide bonds. The SMILES string of the molecule is CCC(CC)C(=O)c1cc(F)cc(F)c1OC. The maximum Gasteiger partial charge on any atom is 0.169 e. The lowest BCUT2D eigenvalue weighted by Crippen LogP contribution is -2.15. The highest BCUT2D eigenvalue weighted by Crippen LogP contribution is 2.28. The first-order valence-corrected chi connectivity index (χ1v) is 5.62. The third kappa shape index (κ3) is 2.81. The van der Waals surface area contributed by atoms with E-state index < -0.39 is 11.6 Å². The summed E-state index contributed by atoms with van der Waals surface area (Å²) in [5, 5.41) is 0. The fourth-order valence-corrected chi connectivity index (χ4v) is 1.83. The van der Waals surface area contributed by atoms with Crippen molar-refractivity contribution in [1.82, 2.24) is 0 Å². The van der Waals surface area contributed by atoms with Crippen molar-refractivity contribution >= 4 is 5.78 Å². The van der Waals surface area contributed by atoms with E-state index in [4.69, 9.17) is 4.74 Å². The van der Waals surface area contributed by atoms with Gasteiger partial charge in [0.15, 0.2) is 17.3 Å². The van der Waals surface area contributed by atoms with Crippen LogP contribution in [0.15, 0.2) is 12.1 Å². The van der Waals surface area contributed by atoms with Gasteiger partial charge in [-0.3, -0.25) is 4.79 Å². The number of ether oxygens (including phenoxy) is 1. The number of Topliss-reactive ketones (excluding diaryl/α,β-unsaturated/α-hetero) is 1. The van der Waals surface area contributed by atoms with Crippen molar-refractivity contribution in [2.24, 2.45) is 5.92 Å². The number of carbonyl (C=O) groups excluding carboxylic acids is 1. The van der Waals surface area contributed by atoms with E-state index in [0.717, 1.165) is 6.07 Å². The van der Waals surface area contributed by atoms with E-state index in [1.54, 1.807) is 0 Å². The summed E-state index contributed by atoms with van der Waals surface area (Å²) in [6.45, 7) is 3.74. The number of rotatable bonds is 5. The molecule has 0 spiro atoms. The predicted octanol–water partition coefficient (Wildman–Crippen LogP) is 3.59. The van der Waals surface area contributed by atoms with Crippen LogP contribution in [0.1, 0.15) is 37.0 Å². The Morgan fingerprint density at radius 1 is 1.29 bits per heavy atom. The van der Waals surface area contributed by atoms with E-state index in [9.17, 15) is 13.6 Å². The number of ketones is 1. The highest BCUT2D eigenvalue weighted by atomic mass is 19.1. The van der Waals surface area contributed by atoms with Crippen molar-refractivity contribution in [3.05, 3.63) is 29.3 Å². The van der Waals surface area contributed by atoms with Crippen LogP contribution in [-0.2, 0) is 0 Å². The van der Waals surface area contributed by atoms with Crippen LogP contribution in [-0.4, -0.2) is 12.9 Å². The fraction of sp³-hybridized carbons (Fsp3) is 0.462. The van der Waals surface area contributed by atoms with Crippen LogP contribution in [0.25, 0.3) is 0 Å². The smallest absolute Gasteiger partial charge is 0.169 e. The van der Waals surface area contributed by atoms with E-state index in [2.05, 4.69) is 0 Å². The van der Waals surface area contributed by atoms with E-state index in [0.29, 0.717) is 18.9 Å². The zero-order valence-corrected chi connectivity index (χ0v) is 10.2. The molecule has 94 valence electrons. The molecule has 4 heteroatoms. The molecule has 0 N–H and O–H groups in total. The number of halogens is 2. The molecule has 0 aliphatic rings. The van der Waals surface area contributed by atoms with E-state index in [-0.39, 0.29) is 23.0 Å². The van der Waals surface area contributed by atoms with Gasteiger partial charge < -0.3 is 4.74 Å². The molecule has 1 rings (SSSR count). The van der Waals surface area contributed by atoms with Crippen LogP contribution in [0.2, 0.25) is 0 Å². The lowest BCUT2D eigenvalue weighted by Gasteiger charge is -2.14. The van der Waals surface area contributed by atoms with E-state index in [1.807, 2.05) is 13.8 Å². The summed E-state index contributed by atoms with van der Waals surface area (Å²) in [6.07, 6.45) is 1.27. The Kier molecular flexibility index (Phi) is 4.61. The topological polar surface area (TPSA) is 26.3 Å². The molecule has 2 nitrogen and oxygen atoms in total. The first-order chi connectivity index (χ1) is 8.04. The van der Waals surface area contributed by atoms with Gasteiger partial charge in [0.2, 0.25) is 0 Å². The van der Waals surface area contributed by atoms with Crippen LogP contribution < -0.4 is 4.74 Å². The molecule has 0 atom stereocenters. The third-order valence-electron chi connectivity index (χ3n) is 2.83. The molecule has 0 aromatic heterocycles. The second-order valence-electron chi connectivity index (χ2n) is 3.85. The molecule has 0 saturated heterocycles. The average Bonchev–Trinajstić information content (AvgIpc) is 2.29. The molecule has 1 aromatic rings.